The zero-order chi connectivity index (χ0) is 19.9. The molecule has 3 heteroatoms. The molecule has 0 saturated carbocycles. The first-order chi connectivity index (χ1) is 14.9. The Kier molecular flexibility index (Phi) is 3.85. The fraction of sp³-hybridized carbons (Fsp3) is 0.0370. The zero-order valence-corrected chi connectivity index (χ0v) is 16.3. The van der Waals surface area contributed by atoms with Crippen molar-refractivity contribution in [1.29, 1.82) is 0 Å². The average Bonchev–Trinajstić information content (AvgIpc) is 3.26. The predicted molar refractivity (Wildman–Crippen MR) is 123 cm³/mol. The summed E-state index contributed by atoms with van der Waals surface area (Å²) in [6.45, 7) is 0. The van der Waals surface area contributed by atoms with Crippen molar-refractivity contribution in [1.82, 2.24) is 15.0 Å². The Bertz CT molecular complexity index is 1370. The number of rotatable bonds is 3. The molecule has 6 aromatic rings. The monoisotopic (exact) mass is 385 g/mol. The Labute approximate surface area is 174 Å². The largest absolute Gasteiger partial charge is 0.171 e. The van der Waals surface area contributed by atoms with Gasteiger partial charge in [-0.1, -0.05) is 109 Å². The zero-order valence-electron chi connectivity index (χ0n) is 16.3. The molecule has 142 valence electrons. The SMILES string of the molecule is c1ccc(C(c2ccccc2)n2nc3c4ccccc4c4ccccc4c3n2)cc1. The van der Waals surface area contributed by atoms with Gasteiger partial charge in [-0.25, -0.2) is 0 Å². The molecule has 0 fully saturated rings. The first-order valence-electron chi connectivity index (χ1n) is 10.2. The van der Waals surface area contributed by atoms with Crippen LogP contribution in [0, 0.1) is 0 Å². The number of nitrogens with zero attached hydrogens (tertiary/aromatic N) is 3. The summed E-state index contributed by atoms with van der Waals surface area (Å²) in [6, 6.07) is 37.8. The van der Waals surface area contributed by atoms with Crippen LogP contribution >= 0.6 is 0 Å². The Morgan fingerprint density at radius 3 is 1.23 bits per heavy atom. The van der Waals surface area contributed by atoms with E-state index in [1.54, 1.807) is 0 Å². The van der Waals surface area contributed by atoms with E-state index >= 15 is 0 Å². The molecule has 0 spiro atoms. The summed E-state index contributed by atoms with van der Waals surface area (Å²) in [7, 11) is 0. The van der Waals surface area contributed by atoms with E-state index in [0.29, 0.717) is 0 Å². The van der Waals surface area contributed by atoms with Crippen molar-refractivity contribution in [2.24, 2.45) is 0 Å². The van der Waals surface area contributed by atoms with Gasteiger partial charge in [0.2, 0.25) is 0 Å². The summed E-state index contributed by atoms with van der Waals surface area (Å²) in [5.41, 5.74) is 4.22. The lowest BCUT2D eigenvalue weighted by molar-refractivity contribution is 0.526. The average molecular weight is 385 g/mol. The molecule has 30 heavy (non-hydrogen) atoms. The number of aromatic nitrogens is 3. The molecule has 0 aliphatic heterocycles. The minimum atomic E-state index is -0.0858. The van der Waals surface area contributed by atoms with Gasteiger partial charge in [0, 0.05) is 10.8 Å². The van der Waals surface area contributed by atoms with Crippen LogP contribution in [0.1, 0.15) is 17.2 Å². The highest BCUT2D eigenvalue weighted by molar-refractivity contribution is 6.22. The van der Waals surface area contributed by atoms with Crippen LogP contribution < -0.4 is 0 Å². The van der Waals surface area contributed by atoms with Gasteiger partial charge in [0.05, 0.1) is 0 Å². The van der Waals surface area contributed by atoms with Crippen LogP contribution in [0.15, 0.2) is 109 Å². The van der Waals surface area contributed by atoms with E-state index in [4.69, 9.17) is 10.2 Å². The fourth-order valence-corrected chi connectivity index (χ4v) is 4.38. The third-order valence-corrected chi connectivity index (χ3v) is 5.75. The maximum atomic E-state index is 5.05. The second kappa shape index (κ2) is 6.82. The molecule has 1 aromatic heterocycles. The highest BCUT2D eigenvalue weighted by atomic mass is 15.5. The Balaban J connectivity index is 1.70. The van der Waals surface area contributed by atoms with Crippen LogP contribution in [0.5, 0.6) is 0 Å². The smallest absolute Gasteiger partial charge is 0.122 e. The summed E-state index contributed by atoms with van der Waals surface area (Å²) in [5.74, 6) is 0. The van der Waals surface area contributed by atoms with Crippen molar-refractivity contribution < 1.29 is 0 Å². The summed E-state index contributed by atoms with van der Waals surface area (Å²) < 4.78 is 0. The summed E-state index contributed by atoms with van der Waals surface area (Å²) in [5, 5.41) is 14.8. The Morgan fingerprint density at radius 2 is 0.800 bits per heavy atom. The maximum Gasteiger partial charge on any atom is 0.122 e. The van der Waals surface area contributed by atoms with E-state index in [9.17, 15) is 0 Å². The molecule has 0 amide bonds. The van der Waals surface area contributed by atoms with Gasteiger partial charge in [0.25, 0.3) is 0 Å². The second-order valence-electron chi connectivity index (χ2n) is 7.53. The van der Waals surface area contributed by atoms with E-state index in [1.165, 1.54) is 10.8 Å². The molecule has 3 nitrogen and oxygen atoms in total. The molecule has 0 aliphatic rings. The molecule has 0 aliphatic carbocycles. The number of fused-ring (bicyclic) bond motifs is 6. The fourth-order valence-electron chi connectivity index (χ4n) is 4.38. The molecule has 0 atom stereocenters. The molecule has 0 saturated heterocycles. The van der Waals surface area contributed by atoms with E-state index in [0.717, 1.165) is 32.9 Å². The van der Waals surface area contributed by atoms with E-state index in [2.05, 4.69) is 97.1 Å². The van der Waals surface area contributed by atoms with Crippen molar-refractivity contribution in [2.75, 3.05) is 0 Å². The summed E-state index contributed by atoms with van der Waals surface area (Å²) in [6.07, 6.45) is 0. The minimum absolute atomic E-state index is 0.0858. The maximum absolute atomic E-state index is 5.05. The van der Waals surface area contributed by atoms with E-state index < -0.39 is 0 Å². The van der Waals surface area contributed by atoms with Gasteiger partial charge >= 0.3 is 0 Å². The lowest BCUT2D eigenvalue weighted by Gasteiger charge is -2.17. The highest BCUT2D eigenvalue weighted by Crippen LogP contribution is 2.34. The van der Waals surface area contributed by atoms with Crippen LogP contribution in [-0.2, 0) is 0 Å². The van der Waals surface area contributed by atoms with E-state index in [-0.39, 0.29) is 6.04 Å². The predicted octanol–water partition coefficient (Wildman–Crippen LogP) is 6.38. The van der Waals surface area contributed by atoms with Gasteiger partial charge < -0.3 is 0 Å². The number of hydrogen-bond donors (Lipinski definition) is 0. The van der Waals surface area contributed by atoms with Gasteiger partial charge in [-0.15, -0.1) is 0 Å². The van der Waals surface area contributed by atoms with Crippen LogP contribution in [0.25, 0.3) is 32.6 Å². The van der Waals surface area contributed by atoms with Gasteiger partial charge in [-0.3, -0.25) is 0 Å². The molecular weight excluding hydrogens is 366 g/mol. The Hall–Kier alpha value is -3.98. The molecule has 5 aromatic carbocycles. The van der Waals surface area contributed by atoms with Gasteiger partial charge in [0.1, 0.15) is 17.1 Å². The molecule has 0 unspecified atom stereocenters. The lowest BCUT2D eigenvalue weighted by Crippen LogP contribution is -2.15. The highest BCUT2D eigenvalue weighted by Gasteiger charge is 2.21. The normalized spacial score (nSPS) is 11.6. The molecule has 6 rings (SSSR count). The van der Waals surface area contributed by atoms with Crippen molar-refractivity contribution >= 4 is 32.6 Å². The third kappa shape index (κ3) is 2.60. The molecule has 1 heterocycles. The summed E-state index contributed by atoms with van der Waals surface area (Å²) >= 11 is 0. The van der Waals surface area contributed by atoms with Crippen molar-refractivity contribution in [3.8, 4) is 0 Å². The number of benzene rings is 5. The second-order valence-corrected chi connectivity index (χ2v) is 7.53. The van der Waals surface area contributed by atoms with Gasteiger partial charge in [-0.05, 0) is 21.9 Å². The number of hydrogen-bond acceptors (Lipinski definition) is 2. The molecule has 0 N–H and O–H groups in total. The minimum Gasteiger partial charge on any atom is -0.171 e. The first kappa shape index (κ1) is 16.9. The van der Waals surface area contributed by atoms with Crippen LogP contribution in [-0.4, -0.2) is 15.0 Å². The Morgan fingerprint density at radius 1 is 0.433 bits per heavy atom. The van der Waals surface area contributed by atoms with Crippen LogP contribution in [0.2, 0.25) is 0 Å². The van der Waals surface area contributed by atoms with Gasteiger partial charge in [0.15, 0.2) is 0 Å². The molecule has 0 bridgehead atoms. The van der Waals surface area contributed by atoms with E-state index in [1.807, 2.05) is 16.9 Å². The van der Waals surface area contributed by atoms with Gasteiger partial charge in [-0.2, -0.15) is 15.0 Å². The van der Waals surface area contributed by atoms with Crippen molar-refractivity contribution in [3.63, 3.8) is 0 Å². The first-order valence-corrected chi connectivity index (χ1v) is 10.2. The molecule has 0 radical (unpaired) electrons. The van der Waals surface area contributed by atoms with Crippen LogP contribution in [0.4, 0.5) is 0 Å². The van der Waals surface area contributed by atoms with Crippen molar-refractivity contribution in [2.45, 2.75) is 6.04 Å². The quantitative estimate of drug-likeness (QED) is 0.331. The molecular formula is C27H19N3. The lowest BCUT2D eigenvalue weighted by atomic mass is 9.99. The third-order valence-electron chi connectivity index (χ3n) is 5.75. The van der Waals surface area contributed by atoms with Crippen molar-refractivity contribution in [3.05, 3.63) is 120 Å². The standard InChI is InChI=1S/C27H19N3/c1-3-11-19(12-4-1)27(20-13-5-2-6-14-20)30-28-25-23-17-9-7-15-21(23)22-16-8-10-18-24(22)26(25)29-30/h1-18,27H. The topological polar surface area (TPSA) is 30.7 Å². The van der Waals surface area contributed by atoms with Crippen LogP contribution in [0.3, 0.4) is 0 Å². The summed E-state index contributed by atoms with van der Waals surface area (Å²) in [4.78, 5) is 1.88.